The fourth-order valence-electron chi connectivity index (χ4n) is 4.94. The van der Waals surface area contributed by atoms with Gasteiger partial charge in [0, 0.05) is 60.5 Å². The Kier molecular flexibility index (Phi) is 6.29. The number of methoxy groups -OCH3 is 1. The average molecular weight is 460 g/mol. The summed E-state index contributed by atoms with van der Waals surface area (Å²) in [5, 5.41) is 7.93. The highest BCUT2D eigenvalue weighted by molar-refractivity contribution is 6.00. The van der Waals surface area contributed by atoms with E-state index in [0.29, 0.717) is 25.4 Å². The molecular formula is C26H29N5O3. The summed E-state index contributed by atoms with van der Waals surface area (Å²) in [5.41, 5.74) is 5.45. The Bertz CT molecular complexity index is 1190. The van der Waals surface area contributed by atoms with E-state index in [1.807, 2.05) is 41.1 Å². The maximum absolute atomic E-state index is 12.8. The van der Waals surface area contributed by atoms with Gasteiger partial charge in [-0.1, -0.05) is 6.07 Å². The lowest BCUT2D eigenvalue weighted by atomic mass is 9.94. The minimum Gasteiger partial charge on any atom is -0.497 e. The molecule has 1 N–H and O–H groups in total. The third-order valence-corrected chi connectivity index (χ3v) is 6.69. The molecule has 2 amide bonds. The van der Waals surface area contributed by atoms with Crippen LogP contribution >= 0.6 is 0 Å². The van der Waals surface area contributed by atoms with E-state index in [2.05, 4.69) is 10.3 Å². The largest absolute Gasteiger partial charge is 0.497 e. The molecule has 3 heterocycles. The van der Waals surface area contributed by atoms with Crippen molar-refractivity contribution in [3.63, 3.8) is 0 Å². The van der Waals surface area contributed by atoms with Gasteiger partial charge in [-0.15, -0.1) is 0 Å². The van der Waals surface area contributed by atoms with Crippen molar-refractivity contribution in [2.75, 3.05) is 25.1 Å². The van der Waals surface area contributed by atoms with Gasteiger partial charge in [0.25, 0.3) is 0 Å². The van der Waals surface area contributed by atoms with Crippen molar-refractivity contribution in [1.29, 1.82) is 0 Å². The van der Waals surface area contributed by atoms with Crippen LogP contribution in [-0.4, -0.2) is 46.8 Å². The minimum atomic E-state index is -0.363. The van der Waals surface area contributed by atoms with Crippen molar-refractivity contribution >= 4 is 17.5 Å². The van der Waals surface area contributed by atoms with Crippen LogP contribution in [0.15, 0.2) is 48.8 Å². The normalized spacial score (nSPS) is 17.5. The van der Waals surface area contributed by atoms with E-state index < -0.39 is 0 Å². The van der Waals surface area contributed by atoms with E-state index >= 15 is 0 Å². The second-order valence-corrected chi connectivity index (χ2v) is 8.84. The van der Waals surface area contributed by atoms with E-state index in [4.69, 9.17) is 9.84 Å². The Morgan fingerprint density at radius 3 is 2.82 bits per heavy atom. The highest BCUT2D eigenvalue weighted by atomic mass is 16.5. The van der Waals surface area contributed by atoms with E-state index in [0.717, 1.165) is 36.2 Å². The number of nitrogens with one attached hydrogen (secondary N) is 1. The second kappa shape index (κ2) is 9.67. The number of hydrogen-bond donors (Lipinski definition) is 1. The summed E-state index contributed by atoms with van der Waals surface area (Å²) in [4.78, 5) is 31.2. The molecular weight excluding hydrogens is 430 g/mol. The van der Waals surface area contributed by atoms with Crippen LogP contribution < -0.4 is 15.0 Å². The summed E-state index contributed by atoms with van der Waals surface area (Å²) in [6.07, 6.45) is 8.17. The monoisotopic (exact) mass is 459 g/mol. The predicted molar refractivity (Wildman–Crippen MR) is 129 cm³/mol. The van der Waals surface area contributed by atoms with Crippen molar-refractivity contribution in [2.24, 2.45) is 5.92 Å². The Morgan fingerprint density at radius 2 is 2.00 bits per heavy atom. The van der Waals surface area contributed by atoms with Gasteiger partial charge in [-0.2, -0.15) is 5.10 Å². The van der Waals surface area contributed by atoms with Crippen molar-refractivity contribution < 1.29 is 14.3 Å². The Hall–Kier alpha value is -3.68. The van der Waals surface area contributed by atoms with Gasteiger partial charge >= 0.3 is 0 Å². The maximum atomic E-state index is 12.8. The topological polar surface area (TPSA) is 89.3 Å². The van der Waals surface area contributed by atoms with Gasteiger partial charge in [-0.25, -0.2) is 0 Å². The fraction of sp³-hybridized carbons (Fsp3) is 0.385. The van der Waals surface area contributed by atoms with Crippen molar-refractivity contribution in [1.82, 2.24) is 20.1 Å². The SMILES string of the molecule is COc1cccc(N2CC(C(=O)NCCn3nc(-c4ccncc4)c4c3CCCC4)CC2=O)c1. The van der Waals surface area contributed by atoms with Crippen LogP contribution in [0.3, 0.4) is 0 Å². The van der Waals surface area contributed by atoms with Gasteiger partial charge in [0.2, 0.25) is 11.8 Å². The smallest absolute Gasteiger partial charge is 0.227 e. The first-order valence-corrected chi connectivity index (χ1v) is 11.8. The summed E-state index contributed by atoms with van der Waals surface area (Å²) >= 11 is 0. The molecule has 3 aromatic rings. The van der Waals surface area contributed by atoms with E-state index in [-0.39, 0.29) is 24.2 Å². The molecule has 1 unspecified atom stereocenters. The van der Waals surface area contributed by atoms with Crippen LogP contribution in [0.4, 0.5) is 5.69 Å². The van der Waals surface area contributed by atoms with Gasteiger partial charge in [-0.3, -0.25) is 19.3 Å². The number of carbonyl (C=O) groups excluding carboxylic acids is 2. The number of carbonyl (C=O) groups is 2. The number of pyridine rings is 1. The molecule has 0 bridgehead atoms. The lowest BCUT2D eigenvalue weighted by molar-refractivity contribution is -0.126. The van der Waals surface area contributed by atoms with Crippen LogP contribution in [0.2, 0.25) is 0 Å². The predicted octanol–water partition coefficient (Wildman–Crippen LogP) is 3.00. The molecule has 2 aromatic heterocycles. The van der Waals surface area contributed by atoms with Crippen LogP contribution in [0.1, 0.15) is 30.5 Å². The quantitative estimate of drug-likeness (QED) is 0.587. The first-order valence-electron chi connectivity index (χ1n) is 11.8. The lowest BCUT2D eigenvalue weighted by Crippen LogP contribution is -2.35. The molecule has 2 aliphatic rings. The number of fused-ring (bicyclic) bond motifs is 1. The average Bonchev–Trinajstić information content (AvgIpc) is 3.45. The molecule has 0 radical (unpaired) electrons. The highest BCUT2D eigenvalue weighted by Crippen LogP contribution is 2.31. The molecule has 1 saturated heterocycles. The zero-order valence-electron chi connectivity index (χ0n) is 19.4. The summed E-state index contributed by atoms with van der Waals surface area (Å²) in [7, 11) is 1.60. The van der Waals surface area contributed by atoms with Crippen LogP contribution in [0.5, 0.6) is 5.75 Å². The van der Waals surface area contributed by atoms with Crippen LogP contribution in [0.25, 0.3) is 11.3 Å². The van der Waals surface area contributed by atoms with Crippen molar-refractivity contribution in [3.05, 3.63) is 60.0 Å². The molecule has 0 saturated carbocycles. The van der Waals surface area contributed by atoms with E-state index in [1.165, 1.54) is 17.7 Å². The van der Waals surface area contributed by atoms with Crippen molar-refractivity contribution in [3.8, 4) is 17.0 Å². The number of anilines is 1. The summed E-state index contributed by atoms with van der Waals surface area (Å²) in [5.74, 6) is 0.190. The van der Waals surface area contributed by atoms with Gasteiger partial charge in [0.1, 0.15) is 5.75 Å². The van der Waals surface area contributed by atoms with Crippen LogP contribution in [0, 0.1) is 5.92 Å². The summed E-state index contributed by atoms with van der Waals surface area (Å²) in [6, 6.07) is 11.4. The number of ether oxygens (including phenoxy) is 1. The zero-order chi connectivity index (χ0) is 23.5. The number of nitrogens with zero attached hydrogens (tertiary/aromatic N) is 4. The highest BCUT2D eigenvalue weighted by Gasteiger charge is 2.35. The number of hydrogen-bond acceptors (Lipinski definition) is 5. The lowest BCUT2D eigenvalue weighted by Gasteiger charge is -2.17. The molecule has 34 heavy (non-hydrogen) atoms. The van der Waals surface area contributed by atoms with Gasteiger partial charge in [0.05, 0.1) is 25.3 Å². The molecule has 1 fully saturated rings. The van der Waals surface area contributed by atoms with Gasteiger partial charge in [0.15, 0.2) is 0 Å². The van der Waals surface area contributed by atoms with E-state index in [9.17, 15) is 9.59 Å². The Balaban J connectivity index is 1.22. The van der Waals surface area contributed by atoms with E-state index in [1.54, 1.807) is 24.4 Å². The molecule has 1 atom stereocenters. The molecule has 8 heteroatoms. The van der Waals surface area contributed by atoms with Gasteiger partial charge < -0.3 is 15.0 Å². The molecule has 5 rings (SSSR count). The van der Waals surface area contributed by atoms with Crippen LogP contribution in [-0.2, 0) is 29.0 Å². The standard InChI is InChI=1S/C26H29N5O3/c1-34-21-6-4-5-20(16-21)30-17-19(15-24(30)32)26(33)28-13-14-31-23-8-3-2-7-22(23)25(29-31)18-9-11-27-12-10-18/h4-6,9-12,16,19H,2-3,7-8,13-15,17H2,1H3,(H,28,33). The fourth-order valence-corrected chi connectivity index (χ4v) is 4.94. The number of amides is 2. The zero-order valence-corrected chi connectivity index (χ0v) is 19.4. The Morgan fingerprint density at radius 1 is 1.18 bits per heavy atom. The maximum Gasteiger partial charge on any atom is 0.227 e. The third-order valence-electron chi connectivity index (χ3n) is 6.69. The van der Waals surface area contributed by atoms with Crippen molar-refractivity contribution in [2.45, 2.75) is 38.6 Å². The number of aromatic nitrogens is 3. The molecule has 1 aromatic carbocycles. The number of rotatable bonds is 7. The van der Waals surface area contributed by atoms with Gasteiger partial charge in [-0.05, 0) is 49.9 Å². The number of benzene rings is 1. The molecule has 1 aliphatic carbocycles. The molecule has 176 valence electrons. The first-order chi connectivity index (χ1) is 16.6. The molecule has 0 spiro atoms. The second-order valence-electron chi connectivity index (χ2n) is 8.84. The third kappa shape index (κ3) is 4.40. The summed E-state index contributed by atoms with van der Waals surface area (Å²) < 4.78 is 7.31. The first kappa shape index (κ1) is 22.1. The molecule has 1 aliphatic heterocycles. The Labute approximate surface area is 198 Å². The summed E-state index contributed by atoms with van der Waals surface area (Å²) in [6.45, 7) is 1.47. The minimum absolute atomic E-state index is 0.0449. The molecule has 8 nitrogen and oxygen atoms in total.